The number of benzene rings is 1. The first-order valence-electron chi connectivity index (χ1n) is 7.43. The van der Waals surface area contributed by atoms with Crippen molar-refractivity contribution in [3.63, 3.8) is 0 Å². The largest absolute Gasteiger partial charge is 0.337 e. The van der Waals surface area contributed by atoms with Crippen LogP contribution in [0.1, 0.15) is 19.4 Å². The van der Waals surface area contributed by atoms with Crippen molar-refractivity contribution in [3.8, 4) is 0 Å². The molecule has 2 saturated heterocycles. The SMILES string of the molecule is CCN1C(=O)N(CC)C2C1NC(=S)N2/N=C/c1ccccc1. The lowest BCUT2D eigenvalue weighted by Gasteiger charge is -2.25. The Morgan fingerprint density at radius 2 is 1.91 bits per heavy atom. The summed E-state index contributed by atoms with van der Waals surface area (Å²) in [5.74, 6) is 0. The molecular weight excluding hydrogens is 298 g/mol. The molecule has 1 N–H and O–H groups in total. The van der Waals surface area contributed by atoms with E-state index in [2.05, 4.69) is 10.4 Å². The molecule has 22 heavy (non-hydrogen) atoms. The fourth-order valence-corrected chi connectivity index (χ4v) is 3.18. The molecule has 0 saturated carbocycles. The van der Waals surface area contributed by atoms with Crippen LogP contribution < -0.4 is 5.32 Å². The Morgan fingerprint density at radius 1 is 1.23 bits per heavy atom. The Morgan fingerprint density at radius 3 is 2.55 bits per heavy atom. The number of hydrogen-bond acceptors (Lipinski definition) is 3. The molecule has 0 radical (unpaired) electrons. The summed E-state index contributed by atoms with van der Waals surface area (Å²) < 4.78 is 0. The number of thiocarbonyl (C=S) groups is 1. The van der Waals surface area contributed by atoms with E-state index < -0.39 is 0 Å². The third-order valence-corrected chi connectivity index (χ3v) is 4.28. The number of fused-ring (bicyclic) bond motifs is 1. The van der Waals surface area contributed by atoms with Gasteiger partial charge in [0.1, 0.15) is 6.17 Å². The highest BCUT2D eigenvalue weighted by atomic mass is 32.1. The fraction of sp³-hybridized carbons (Fsp3) is 0.400. The predicted octanol–water partition coefficient (Wildman–Crippen LogP) is 1.64. The molecular formula is C15H19N5OS. The molecule has 2 aliphatic heterocycles. The molecule has 1 aromatic rings. The second-order valence-electron chi connectivity index (χ2n) is 5.16. The van der Waals surface area contributed by atoms with E-state index in [-0.39, 0.29) is 18.4 Å². The molecule has 2 atom stereocenters. The molecule has 7 heteroatoms. The molecule has 0 spiro atoms. The molecule has 0 bridgehead atoms. The van der Waals surface area contributed by atoms with Gasteiger partial charge in [-0.25, -0.2) is 9.80 Å². The van der Waals surface area contributed by atoms with Crippen molar-refractivity contribution in [2.75, 3.05) is 13.1 Å². The Labute approximate surface area is 135 Å². The lowest BCUT2D eigenvalue weighted by Crippen LogP contribution is -2.43. The average molecular weight is 317 g/mol. The van der Waals surface area contributed by atoms with Crippen molar-refractivity contribution in [1.82, 2.24) is 20.1 Å². The summed E-state index contributed by atoms with van der Waals surface area (Å²) >= 11 is 5.39. The topological polar surface area (TPSA) is 51.2 Å². The van der Waals surface area contributed by atoms with Crippen molar-refractivity contribution in [2.45, 2.75) is 26.2 Å². The molecule has 2 fully saturated rings. The third-order valence-electron chi connectivity index (χ3n) is 3.97. The lowest BCUT2D eigenvalue weighted by molar-refractivity contribution is 0.157. The number of rotatable bonds is 4. The van der Waals surface area contributed by atoms with Crippen LogP contribution in [0.2, 0.25) is 0 Å². The first kappa shape index (κ1) is 14.8. The maximum atomic E-state index is 12.4. The standard InChI is InChI=1S/C15H19N5OS/c1-3-18-12-13(19(4-2)15(18)21)20(14(22)17-12)16-10-11-8-6-5-7-9-11/h5-10,12-13H,3-4H2,1-2H3,(H,17,22)/b16-10+. The molecule has 3 rings (SSSR count). The van der Waals surface area contributed by atoms with Crippen LogP contribution in [0.15, 0.2) is 35.4 Å². The lowest BCUT2D eigenvalue weighted by atomic mass is 10.2. The second kappa shape index (κ2) is 5.92. The summed E-state index contributed by atoms with van der Waals surface area (Å²) in [5, 5.41) is 9.98. The average Bonchev–Trinajstić information content (AvgIpc) is 2.97. The summed E-state index contributed by atoms with van der Waals surface area (Å²) in [5.41, 5.74) is 0.994. The van der Waals surface area contributed by atoms with Gasteiger partial charge in [0, 0.05) is 13.1 Å². The minimum Gasteiger partial charge on any atom is -0.337 e. The quantitative estimate of drug-likeness (QED) is 0.677. The number of nitrogens with one attached hydrogen (secondary N) is 1. The predicted molar refractivity (Wildman–Crippen MR) is 89.3 cm³/mol. The van der Waals surface area contributed by atoms with Crippen LogP contribution in [0, 0.1) is 0 Å². The molecule has 116 valence electrons. The van der Waals surface area contributed by atoms with Crippen molar-refractivity contribution in [2.24, 2.45) is 5.10 Å². The number of hydrogen-bond donors (Lipinski definition) is 1. The van der Waals surface area contributed by atoms with Gasteiger partial charge in [0.25, 0.3) is 0 Å². The highest BCUT2D eigenvalue weighted by Gasteiger charge is 2.53. The normalized spacial score (nSPS) is 24.4. The minimum absolute atomic E-state index is 0.0231. The van der Waals surface area contributed by atoms with Gasteiger partial charge in [-0.1, -0.05) is 30.3 Å². The van der Waals surface area contributed by atoms with Crippen LogP contribution in [0.5, 0.6) is 0 Å². The van der Waals surface area contributed by atoms with Gasteiger partial charge in [-0.05, 0) is 31.6 Å². The highest BCUT2D eigenvalue weighted by molar-refractivity contribution is 7.80. The second-order valence-corrected chi connectivity index (χ2v) is 5.55. The fourth-order valence-electron chi connectivity index (χ4n) is 2.90. The molecule has 2 heterocycles. The van der Waals surface area contributed by atoms with Crippen molar-refractivity contribution < 1.29 is 4.79 Å². The van der Waals surface area contributed by atoms with Crippen molar-refractivity contribution >= 4 is 29.6 Å². The van der Waals surface area contributed by atoms with E-state index in [9.17, 15) is 4.79 Å². The summed E-state index contributed by atoms with van der Waals surface area (Å²) in [4.78, 5) is 16.0. The van der Waals surface area contributed by atoms with Crippen molar-refractivity contribution in [3.05, 3.63) is 35.9 Å². The number of likely N-dealkylation sites (N-methyl/N-ethyl adjacent to an activating group) is 2. The van der Waals surface area contributed by atoms with Crippen LogP contribution in [-0.4, -0.2) is 57.6 Å². The van der Waals surface area contributed by atoms with E-state index in [4.69, 9.17) is 12.2 Å². The van der Waals surface area contributed by atoms with Gasteiger partial charge in [-0.2, -0.15) is 5.10 Å². The zero-order valence-electron chi connectivity index (χ0n) is 12.6. The van der Waals surface area contributed by atoms with Crippen LogP contribution >= 0.6 is 12.2 Å². The number of nitrogens with zero attached hydrogens (tertiary/aromatic N) is 4. The Bertz CT molecular complexity index is 605. The van der Waals surface area contributed by atoms with Gasteiger partial charge in [-0.15, -0.1) is 0 Å². The van der Waals surface area contributed by atoms with E-state index in [1.165, 1.54) is 0 Å². The van der Waals surface area contributed by atoms with Crippen molar-refractivity contribution in [1.29, 1.82) is 0 Å². The molecule has 2 amide bonds. The minimum atomic E-state index is -0.190. The molecule has 0 aliphatic carbocycles. The van der Waals surface area contributed by atoms with E-state index >= 15 is 0 Å². The van der Waals surface area contributed by atoms with Crippen LogP contribution in [0.4, 0.5) is 4.79 Å². The van der Waals surface area contributed by atoms with E-state index in [1.807, 2.05) is 44.2 Å². The molecule has 0 aromatic heterocycles. The zero-order chi connectivity index (χ0) is 15.7. The number of urea groups is 1. The number of hydrazone groups is 1. The van der Waals surface area contributed by atoms with Gasteiger partial charge >= 0.3 is 6.03 Å². The van der Waals surface area contributed by atoms with Crippen LogP contribution in [-0.2, 0) is 0 Å². The Balaban J connectivity index is 1.87. The Hall–Kier alpha value is -2.15. The summed E-state index contributed by atoms with van der Waals surface area (Å²) in [6.45, 7) is 5.20. The number of carbonyl (C=O) groups excluding carboxylic acids is 1. The maximum Gasteiger partial charge on any atom is 0.323 e. The first-order valence-corrected chi connectivity index (χ1v) is 7.84. The molecule has 6 nitrogen and oxygen atoms in total. The van der Waals surface area contributed by atoms with Gasteiger partial charge in [-0.3, -0.25) is 4.90 Å². The van der Waals surface area contributed by atoms with E-state index in [0.29, 0.717) is 18.2 Å². The summed E-state index contributed by atoms with van der Waals surface area (Å²) in [6.07, 6.45) is 1.44. The van der Waals surface area contributed by atoms with E-state index in [1.54, 1.807) is 21.0 Å². The van der Waals surface area contributed by atoms with Crippen LogP contribution in [0.25, 0.3) is 0 Å². The summed E-state index contributed by atoms with van der Waals surface area (Å²) in [6, 6.07) is 9.85. The molecule has 1 aromatic carbocycles. The summed E-state index contributed by atoms with van der Waals surface area (Å²) in [7, 11) is 0. The maximum absolute atomic E-state index is 12.4. The highest BCUT2D eigenvalue weighted by Crippen LogP contribution is 2.28. The molecule has 2 unspecified atom stereocenters. The number of carbonyl (C=O) groups is 1. The van der Waals surface area contributed by atoms with Crippen LogP contribution in [0.3, 0.4) is 0 Å². The van der Waals surface area contributed by atoms with Gasteiger partial charge in [0.05, 0.1) is 6.21 Å². The van der Waals surface area contributed by atoms with Gasteiger partial charge in [0.15, 0.2) is 11.3 Å². The smallest absolute Gasteiger partial charge is 0.323 e. The first-order chi connectivity index (χ1) is 10.7. The Kier molecular flexibility index (Phi) is 3.98. The van der Waals surface area contributed by atoms with Gasteiger partial charge in [0.2, 0.25) is 0 Å². The molecule has 2 aliphatic rings. The number of amides is 2. The van der Waals surface area contributed by atoms with Gasteiger partial charge < -0.3 is 10.2 Å². The van der Waals surface area contributed by atoms with E-state index in [0.717, 1.165) is 5.56 Å². The zero-order valence-corrected chi connectivity index (χ0v) is 13.5. The third kappa shape index (κ3) is 2.31. The monoisotopic (exact) mass is 317 g/mol.